The van der Waals surface area contributed by atoms with Crippen LogP contribution in [0.15, 0.2) is 24.3 Å². The second-order valence-electron chi connectivity index (χ2n) is 4.83. The Morgan fingerprint density at radius 2 is 1.78 bits per heavy atom. The van der Waals surface area contributed by atoms with Crippen molar-refractivity contribution in [1.29, 1.82) is 0 Å². The number of carbonyl (C=O) groups excluding carboxylic acids is 2. The third-order valence-corrected chi connectivity index (χ3v) is 2.04. The van der Waals surface area contributed by atoms with Crippen LogP contribution in [-0.2, 0) is 4.74 Å². The van der Waals surface area contributed by atoms with Crippen LogP contribution in [0.1, 0.15) is 31.1 Å². The van der Waals surface area contributed by atoms with E-state index in [-0.39, 0.29) is 12.3 Å². The number of hydrogen-bond donors (Lipinski definition) is 2. The molecule has 1 aromatic carbocycles. The molecule has 0 aliphatic heterocycles. The SMILES string of the molecule is CC(C)(C)OC(=O)Nc1ccc(C(=O)CN)cc1. The summed E-state index contributed by atoms with van der Waals surface area (Å²) < 4.78 is 5.10. The second kappa shape index (κ2) is 5.64. The molecule has 1 aromatic rings. The monoisotopic (exact) mass is 250 g/mol. The van der Waals surface area contributed by atoms with Crippen molar-refractivity contribution in [1.82, 2.24) is 0 Å². The van der Waals surface area contributed by atoms with Gasteiger partial charge >= 0.3 is 6.09 Å². The molecule has 0 bridgehead atoms. The summed E-state index contributed by atoms with van der Waals surface area (Å²) in [7, 11) is 0. The molecule has 18 heavy (non-hydrogen) atoms. The van der Waals surface area contributed by atoms with Gasteiger partial charge in [-0.05, 0) is 45.0 Å². The van der Waals surface area contributed by atoms with Gasteiger partial charge in [-0.25, -0.2) is 4.79 Å². The lowest BCUT2D eigenvalue weighted by Gasteiger charge is -2.19. The van der Waals surface area contributed by atoms with Crippen LogP contribution in [0.25, 0.3) is 0 Å². The van der Waals surface area contributed by atoms with Gasteiger partial charge in [0.25, 0.3) is 0 Å². The van der Waals surface area contributed by atoms with Crippen molar-refractivity contribution in [2.75, 3.05) is 11.9 Å². The molecule has 98 valence electrons. The van der Waals surface area contributed by atoms with Crippen LogP contribution in [0.3, 0.4) is 0 Å². The summed E-state index contributed by atoms with van der Waals surface area (Å²) in [4.78, 5) is 22.8. The van der Waals surface area contributed by atoms with Gasteiger partial charge in [-0.2, -0.15) is 0 Å². The van der Waals surface area contributed by atoms with E-state index in [9.17, 15) is 9.59 Å². The summed E-state index contributed by atoms with van der Waals surface area (Å²) in [5, 5.41) is 2.58. The van der Waals surface area contributed by atoms with Crippen molar-refractivity contribution in [2.45, 2.75) is 26.4 Å². The van der Waals surface area contributed by atoms with E-state index >= 15 is 0 Å². The second-order valence-corrected chi connectivity index (χ2v) is 4.83. The lowest BCUT2D eigenvalue weighted by molar-refractivity contribution is 0.0636. The van der Waals surface area contributed by atoms with Gasteiger partial charge in [-0.1, -0.05) is 0 Å². The van der Waals surface area contributed by atoms with Gasteiger partial charge in [0.1, 0.15) is 5.60 Å². The minimum absolute atomic E-state index is 0.0289. The Hall–Kier alpha value is -1.88. The average Bonchev–Trinajstić information content (AvgIpc) is 2.26. The minimum Gasteiger partial charge on any atom is -0.444 e. The fraction of sp³-hybridized carbons (Fsp3) is 0.385. The molecule has 0 fully saturated rings. The zero-order valence-electron chi connectivity index (χ0n) is 10.8. The highest BCUT2D eigenvalue weighted by atomic mass is 16.6. The lowest BCUT2D eigenvalue weighted by Crippen LogP contribution is -2.27. The molecular weight excluding hydrogens is 232 g/mol. The molecule has 0 aromatic heterocycles. The molecule has 3 N–H and O–H groups in total. The third-order valence-electron chi connectivity index (χ3n) is 2.04. The molecule has 1 amide bonds. The summed E-state index contributed by atoms with van der Waals surface area (Å²) in [5.41, 5.74) is 5.80. The standard InChI is InChI=1S/C13H18N2O3/c1-13(2,3)18-12(17)15-10-6-4-9(5-7-10)11(16)8-14/h4-7H,8,14H2,1-3H3,(H,15,17). The van der Waals surface area contributed by atoms with E-state index in [0.29, 0.717) is 11.3 Å². The summed E-state index contributed by atoms with van der Waals surface area (Å²) in [6.45, 7) is 5.33. The molecule has 0 saturated heterocycles. The van der Waals surface area contributed by atoms with E-state index in [1.54, 1.807) is 45.0 Å². The first-order valence-corrected chi connectivity index (χ1v) is 5.65. The van der Waals surface area contributed by atoms with E-state index in [1.165, 1.54) is 0 Å². The van der Waals surface area contributed by atoms with Crippen molar-refractivity contribution in [2.24, 2.45) is 5.73 Å². The Balaban J connectivity index is 2.64. The molecular formula is C13H18N2O3. The van der Waals surface area contributed by atoms with Gasteiger partial charge in [0.15, 0.2) is 5.78 Å². The highest BCUT2D eigenvalue weighted by molar-refractivity contribution is 5.98. The maximum absolute atomic E-state index is 11.5. The third kappa shape index (κ3) is 4.55. The Labute approximate surface area is 106 Å². The Kier molecular flexibility index (Phi) is 4.44. The first kappa shape index (κ1) is 14.2. The van der Waals surface area contributed by atoms with Crippen molar-refractivity contribution < 1.29 is 14.3 Å². The zero-order valence-corrected chi connectivity index (χ0v) is 10.8. The number of anilines is 1. The predicted octanol–water partition coefficient (Wildman–Crippen LogP) is 2.17. The number of benzene rings is 1. The van der Waals surface area contributed by atoms with Crippen LogP contribution in [-0.4, -0.2) is 24.0 Å². The van der Waals surface area contributed by atoms with Gasteiger partial charge in [0, 0.05) is 11.3 Å². The van der Waals surface area contributed by atoms with Crippen molar-refractivity contribution in [3.63, 3.8) is 0 Å². The molecule has 5 nitrogen and oxygen atoms in total. The molecule has 0 atom stereocenters. The summed E-state index contributed by atoms with van der Waals surface area (Å²) >= 11 is 0. The Morgan fingerprint density at radius 1 is 1.22 bits per heavy atom. The number of ketones is 1. The number of carbonyl (C=O) groups is 2. The summed E-state index contributed by atoms with van der Waals surface area (Å²) in [5.74, 6) is -0.140. The quantitative estimate of drug-likeness (QED) is 0.805. The van der Waals surface area contributed by atoms with Crippen LogP contribution >= 0.6 is 0 Å². The molecule has 0 aliphatic rings. The van der Waals surface area contributed by atoms with E-state index in [1.807, 2.05) is 0 Å². The van der Waals surface area contributed by atoms with Crippen LogP contribution in [0.4, 0.5) is 10.5 Å². The topological polar surface area (TPSA) is 81.4 Å². The van der Waals surface area contributed by atoms with Crippen LogP contribution in [0.2, 0.25) is 0 Å². The Morgan fingerprint density at radius 3 is 2.22 bits per heavy atom. The van der Waals surface area contributed by atoms with E-state index < -0.39 is 11.7 Å². The molecule has 0 radical (unpaired) electrons. The Bertz CT molecular complexity index is 433. The predicted molar refractivity (Wildman–Crippen MR) is 69.7 cm³/mol. The van der Waals surface area contributed by atoms with Crippen molar-refractivity contribution >= 4 is 17.6 Å². The van der Waals surface area contributed by atoms with Crippen LogP contribution < -0.4 is 11.1 Å². The normalized spacial score (nSPS) is 10.9. The van der Waals surface area contributed by atoms with Crippen LogP contribution in [0.5, 0.6) is 0 Å². The number of rotatable bonds is 3. The summed E-state index contributed by atoms with van der Waals surface area (Å²) in [6, 6.07) is 6.49. The number of ether oxygens (including phenoxy) is 1. The fourth-order valence-corrected chi connectivity index (χ4v) is 1.28. The highest BCUT2D eigenvalue weighted by Gasteiger charge is 2.16. The average molecular weight is 250 g/mol. The number of nitrogens with two attached hydrogens (primary N) is 1. The minimum atomic E-state index is -0.542. The van der Waals surface area contributed by atoms with E-state index in [0.717, 1.165) is 0 Å². The maximum atomic E-state index is 11.5. The molecule has 0 saturated carbocycles. The molecule has 0 spiro atoms. The van der Waals surface area contributed by atoms with Crippen molar-refractivity contribution in [3.8, 4) is 0 Å². The van der Waals surface area contributed by atoms with Crippen molar-refractivity contribution in [3.05, 3.63) is 29.8 Å². The van der Waals surface area contributed by atoms with Gasteiger partial charge in [0.2, 0.25) is 0 Å². The maximum Gasteiger partial charge on any atom is 0.412 e. The molecule has 5 heteroatoms. The smallest absolute Gasteiger partial charge is 0.412 e. The number of hydrogen-bond acceptors (Lipinski definition) is 4. The first-order chi connectivity index (χ1) is 8.31. The largest absolute Gasteiger partial charge is 0.444 e. The molecule has 0 aliphatic carbocycles. The highest BCUT2D eigenvalue weighted by Crippen LogP contribution is 2.13. The zero-order chi connectivity index (χ0) is 13.8. The number of amides is 1. The lowest BCUT2D eigenvalue weighted by atomic mass is 10.1. The van der Waals surface area contributed by atoms with Gasteiger partial charge in [-0.3, -0.25) is 10.1 Å². The van der Waals surface area contributed by atoms with Crippen LogP contribution in [0, 0.1) is 0 Å². The number of nitrogens with one attached hydrogen (secondary N) is 1. The molecule has 1 rings (SSSR count). The van der Waals surface area contributed by atoms with Gasteiger partial charge in [0.05, 0.1) is 6.54 Å². The first-order valence-electron chi connectivity index (χ1n) is 5.65. The van der Waals surface area contributed by atoms with E-state index in [2.05, 4.69) is 5.32 Å². The summed E-state index contributed by atoms with van der Waals surface area (Å²) in [6.07, 6.45) is -0.527. The number of Topliss-reactive ketones (excluding diaryl/α,β-unsaturated/α-hetero) is 1. The van der Waals surface area contributed by atoms with Gasteiger partial charge < -0.3 is 10.5 Å². The van der Waals surface area contributed by atoms with E-state index in [4.69, 9.17) is 10.5 Å². The van der Waals surface area contributed by atoms with Gasteiger partial charge in [-0.15, -0.1) is 0 Å². The fourth-order valence-electron chi connectivity index (χ4n) is 1.28. The molecule has 0 unspecified atom stereocenters. The molecule has 0 heterocycles.